The van der Waals surface area contributed by atoms with Gasteiger partial charge in [0, 0.05) is 19.5 Å². The van der Waals surface area contributed by atoms with Gasteiger partial charge in [-0.25, -0.2) is 9.78 Å². The van der Waals surface area contributed by atoms with Gasteiger partial charge >= 0.3 is 5.97 Å². The molecule has 0 unspecified atom stereocenters. The number of carbonyl (C=O) groups excluding carboxylic acids is 1. The van der Waals surface area contributed by atoms with E-state index in [0.29, 0.717) is 19.0 Å². The van der Waals surface area contributed by atoms with E-state index in [1.165, 1.54) is 12.3 Å². The fraction of sp³-hybridized carbons (Fsp3) is 0.462. The molecule has 1 aromatic rings. The number of carboxylic acid groups (broad SMARTS) is 1. The van der Waals surface area contributed by atoms with Crippen molar-refractivity contribution in [2.75, 3.05) is 24.1 Å². The van der Waals surface area contributed by atoms with Crippen molar-refractivity contribution in [3.8, 4) is 0 Å². The number of nitrogens with two attached hydrogens (primary N) is 1. The number of rotatable bonds is 7. The number of hydrogen-bond acceptors (Lipinski definition) is 5. The number of aromatic carboxylic acids is 1. The molecule has 0 aliphatic heterocycles. The van der Waals surface area contributed by atoms with Crippen LogP contribution in [0.3, 0.4) is 0 Å². The lowest BCUT2D eigenvalue weighted by atomic mass is 10.2. The maximum absolute atomic E-state index is 11.5. The predicted molar refractivity (Wildman–Crippen MR) is 76.6 cm³/mol. The minimum absolute atomic E-state index is 0.00686. The smallest absolute Gasteiger partial charge is 0.339 e. The highest BCUT2D eigenvalue weighted by molar-refractivity contribution is 5.94. The van der Waals surface area contributed by atoms with Gasteiger partial charge in [-0.3, -0.25) is 4.79 Å². The summed E-state index contributed by atoms with van der Waals surface area (Å²) in [5.41, 5.74) is 5.77. The Kier molecular flexibility index (Phi) is 5.76. The van der Waals surface area contributed by atoms with Crippen LogP contribution in [0.5, 0.6) is 0 Å². The van der Waals surface area contributed by atoms with Crippen molar-refractivity contribution in [2.24, 2.45) is 5.92 Å². The third-order valence-electron chi connectivity index (χ3n) is 2.49. The van der Waals surface area contributed by atoms with E-state index in [9.17, 15) is 9.59 Å². The topological polar surface area (TPSA) is 117 Å². The average molecular weight is 280 g/mol. The number of aromatic nitrogens is 1. The number of nitrogens with one attached hydrogen (secondary N) is 2. The van der Waals surface area contributed by atoms with Crippen molar-refractivity contribution in [2.45, 2.75) is 20.3 Å². The Bertz CT molecular complexity index is 489. The van der Waals surface area contributed by atoms with E-state index in [2.05, 4.69) is 15.6 Å². The number of carbonyl (C=O) groups is 2. The summed E-state index contributed by atoms with van der Waals surface area (Å²) in [6.45, 7) is 4.95. The van der Waals surface area contributed by atoms with E-state index in [0.717, 1.165) is 0 Å². The molecule has 0 aliphatic carbocycles. The van der Waals surface area contributed by atoms with Gasteiger partial charge in [0.1, 0.15) is 11.4 Å². The van der Waals surface area contributed by atoms with E-state index >= 15 is 0 Å². The molecule has 0 aliphatic rings. The molecule has 1 aromatic heterocycles. The van der Waals surface area contributed by atoms with E-state index in [1.54, 1.807) is 0 Å². The second-order valence-corrected chi connectivity index (χ2v) is 4.84. The van der Waals surface area contributed by atoms with Gasteiger partial charge < -0.3 is 21.5 Å². The fourth-order valence-electron chi connectivity index (χ4n) is 1.49. The van der Waals surface area contributed by atoms with Gasteiger partial charge in [-0.05, 0) is 12.0 Å². The maximum atomic E-state index is 11.5. The molecule has 0 atom stereocenters. The molecule has 7 heteroatoms. The monoisotopic (exact) mass is 280 g/mol. The Labute approximate surface area is 117 Å². The lowest BCUT2D eigenvalue weighted by molar-refractivity contribution is -0.120. The minimum atomic E-state index is -1.11. The number of pyridine rings is 1. The summed E-state index contributed by atoms with van der Waals surface area (Å²) in [6, 6.07) is 1.33. The molecule has 0 bridgehead atoms. The maximum Gasteiger partial charge on any atom is 0.339 e. The van der Waals surface area contributed by atoms with Crippen LogP contribution in [0.25, 0.3) is 0 Å². The van der Waals surface area contributed by atoms with E-state index in [1.807, 2.05) is 13.8 Å². The summed E-state index contributed by atoms with van der Waals surface area (Å²) in [4.78, 5) is 26.5. The molecule has 0 spiro atoms. The van der Waals surface area contributed by atoms with Gasteiger partial charge in [-0.1, -0.05) is 13.8 Å². The lowest BCUT2D eigenvalue weighted by Crippen LogP contribution is -2.28. The normalized spacial score (nSPS) is 10.3. The molecular weight excluding hydrogens is 260 g/mol. The van der Waals surface area contributed by atoms with Crippen molar-refractivity contribution >= 4 is 23.4 Å². The van der Waals surface area contributed by atoms with Crippen molar-refractivity contribution < 1.29 is 14.7 Å². The molecule has 0 aromatic carbocycles. The summed E-state index contributed by atoms with van der Waals surface area (Å²) in [6.07, 6.45) is 1.62. The van der Waals surface area contributed by atoms with E-state index in [-0.39, 0.29) is 29.4 Å². The molecule has 110 valence electrons. The van der Waals surface area contributed by atoms with Crippen LogP contribution < -0.4 is 16.4 Å². The summed E-state index contributed by atoms with van der Waals surface area (Å²) >= 11 is 0. The zero-order valence-electron chi connectivity index (χ0n) is 11.6. The number of carboxylic acids is 1. The first kappa shape index (κ1) is 15.7. The molecule has 20 heavy (non-hydrogen) atoms. The summed E-state index contributed by atoms with van der Waals surface area (Å²) in [7, 11) is 0. The molecule has 0 saturated heterocycles. The third-order valence-corrected chi connectivity index (χ3v) is 2.49. The SMILES string of the molecule is CC(C)CNC(=O)CCNc1ncc(N)cc1C(=O)O. The van der Waals surface area contributed by atoms with Crippen molar-refractivity contribution in [3.63, 3.8) is 0 Å². The van der Waals surface area contributed by atoms with Crippen molar-refractivity contribution in [3.05, 3.63) is 17.8 Å². The Morgan fingerprint density at radius 3 is 2.75 bits per heavy atom. The Hall–Kier alpha value is -2.31. The molecular formula is C13H20N4O3. The van der Waals surface area contributed by atoms with E-state index < -0.39 is 5.97 Å². The quantitative estimate of drug-likeness (QED) is 0.590. The third kappa shape index (κ3) is 5.13. The van der Waals surface area contributed by atoms with Crippen LogP contribution in [0, 0.1) is 5.92 Å². The molecule has 1 amide bonds. The van der Waals surface area contributed by atoms with Gasteiger partial charge in [-0.15, -0.1) is 0 Å². The number of nitrogens with zero attached hydrogens (tertiary/aromatic N) is 1. The average Bonchev–Trinajstić information content (AvgIpc) is 2.37. The summed E-state index contributed by atoms with van der Waals surface area (Å²) in [5, 5.41) is 14.6. The molecule has 5 N–H and O–H groups in total. The van der Waals surface area contributed by atoms with Crippen LogP contribution in [0.15, 0.2) is 12.3 Å². The number of hydrogen-bond donors (Lipinski definition) is 4. The Balaban J connectivity index is 2.50. The number of nitrogen functional groups attached to an aromatic ring is 1. The first-order chi connectivity index (χ1) is 9.40. The molecule has 1 rings (SSSR count). The van der Waals surface area contributed by atoms with Crippen LogP contribution in [0.1, 0.15) is 30.6 Å². The zero-order valence-corrected chi connectivity index (χ0v) is 11.6. The first-order valence-electron chi connectivity index (χ1n) is 6.39. The second-order valence-electron chi connectivity index (χ2n) is 4.84. The van der Waals surface area contributed by atoms with Gasteiger partial charge in [-0.2, -0.15) is 0 Å². The number of amides is 1. The van der Waals surface area contributed by atoms with Gasteiger partial charge in [0.05, 0.1) is 11.9 Å². The van der Waals surface area contributed by atoms with E-state index in [4.69, 9.17) is 10.8 Å². The lowest BCUT2D eigenvalue weighted by Gasteiger charge is -2.10. The predicted octanol–water partition coefficient (Wildman–Crippen LogP) is 0.936. The highest BCUT2D eigenvalue weighted by Gasteiger charge is 2.12. The molecule has 0 saturated carbocycles. The molecule has 0 fully saturated rings. The molecule has 7 nitrogen and oxygen atoms in total. The van der Waals surface area contributed by atoms with Crippen molar-refractivity contribution in [1.29, 1.82) is 0 Å². The zero-order chi connectivity index (χ0) is 15.1. The summed E-state index contributed by atoms with van der Waals surface area (Å²) in [5.74, 6) is -0.595. The van der Waals surface area contributed by atoms with Gasteiger partial charge in [0.2, 0.25) is 5.91 Å². The standard InChI is InChI=1S/C13H20N4O3/c1-8(2)6-16-11(18)3-4-15-12-10(13(19)20)5-9(14)7-17-12/h5,7-8H,3-4,6,14H2,1-2H3,(H,15,17)(H,16,18)(H,19,20). The Morgan fingerprint density at radius 2 is 2.15 bits per heavy atom. The fourth-order valence-corrected chi connectivity index (χ4v) is 1.49. The van der Waals surface area contributed by atoms with Crippen LogP contribution in [0.2, 0.25) is 0 Å². The highest BCUT2D eigenvalue weighted by atomic mass is 16.4. The minimum Gasteiger partial charge on any atom is -0.478 e. The largest absolute Gasteiger partial charge is 0.478 e. The second kappa shape index (κ2) is 7.32. The summed E-state index contributed by atoms with van der Waals surface area (Å²) < 4.78 is 0. The van der Waals surface area contributed by atoms with Crippen molar-refractivity contribution in [1.82, 2.24) is 10.3 Å². The number of anilines is 2. The van der Waals surface area contributed by atoms with Crippen LogP contribution >= 0.6 is 0 Å². The van der Waals surface area contributed by atoms with Crippen LogP contribution in [-0.4, -0.2) is 35.1 Å². The highest BCUT2D eigenvalue weighted by Crippen LogP contribution is 2.15. The molecule has 1 heterocycles. The first-order valence-corrected chi connectivity index (χ1v) is 6.39. The van der Waals surface area contributed by atoms with Gasteiger partial charge in [0.25, 0.3) is 0 Å². The van der Waals surface area contributed by atoms with Crippen LogP contribution in [-0.2, 0) is 4.79 Å². The van der Waals surface area contributed by atoms with Gasteiger partial charge in [0.15, 0.2) is 0 Å². The molecule has 0 radical (unpaired) electrons. The van der Waals surface area contributed by atoms with Crippen LogP contribution in [0.4, 0.5) is 11.5 Å². The Morgan fingerprint density at radius 1 is 1.45 bits per heavy atom.